The van der Waals surface area contributed by atoms with Gasteiger partial charge in [0.25, 0.3) is 0 Å². The molecule has 2 aromatic rings. The molecule has 2 aliphatic heterocycles. The van der Waals surface area contributed by atoms with Crippen LogP contribution in [0.2, 0.25) is 0 Å². The lowest BCUT2D eigenvalue weighted by atomic mass is 10.1. The van der Waals surface area contributed by atoms with Crippen molar-refractivity contribution in [1.82, 2.24) is 14.7 Å². The lowest BCUT2D eigenvalue weighted by Gasteiger charge is -2.33. The zero-order valence-electron chi connectivity index (χ0n) is 14.0. The molecule has 0 aliphatic carbocycles. The van der Waals surface area contributed by atoms with E-state index in [1.54, 1.807) is 0 Å². The molecule has 5 nitrogen and oxygen atoms in total. The van der Waals surface area contributed by atoms with E-state index in [0.29, 0.717) is 6.04 Å². The predicted octanol–water partition coefficient (Wildman–Crippen LogP) is 2.35. The minimum atomic E-state index is -0.651. The second-order valence-electron chi connectivity index (χ2n) is 6.76. The Morgan fingerprint density at radius 3 is 2.71 bits per heavy atom. The van der Waals surface area contributed by atoms with Crippen molar-refractivity contribution in [2.75, 3.05) is 19.8 Å². The van der Waals surface area contributed by atoms with E-state index in [0.717, 1.165) is 63.4 Å². The summed E-state index contributed by atoms with van der Waals surface area (Å²) in [5, 5.41) is 15.3. The van der Waals surface area contributed by atoms with Gasteiger partial charge in [0.1, 0.15) is 6.10 Å². The Morgan fingerprint density at radius 2 is 1.92 bits per heavy atom. The lowest BCUT2D eigenvalue weighted by molar-refractivity contribution is 0.0315. The third-order valence-electron chi connectivity index (χ3n) is 5.17. The maximum Gasteiger partial charge on any atom is 0.123 e. The molecular formula is C19H25N3O2. The number of rotatable bonds is 3. The van der Waals surface area contributed by atoms with Gasteiger partial charge >= 0.3 is 0 Å². The Bertz CT molecular complexity index is 665. The van der Waals surface area contributed by atoms with E-state index in [4.69, 9.17) is 4.74 Å². The van der Waals surface area contributed by atoms with Crippen molar-refractivity contribution in [2.24, 2.45) is 0 Å². The van der Waals surface area contributed by atoms with E-state index >= 15 is 0 Å². The Kier molecular flexibility index (Phi) is 4.65. The average molecular weight is 327 g/mol. The first kappa shape index (κ1) is 15.8. The highest BCUT2D eigenvalue weighted by Crippen LogP contribution is 2.25. The SMILES string of the molecule is O[C@@H](c1ccccc1)c1cc2n(n1)CCCN(C1CCOCC1)C2. The first-order valence-corrected chi connectivity index (χ1v) is 8.93. The topological polar surface area (TPSA) is 50.5 Å². The highest BCUT2D eigenvalue weighted by molar-refractivity contribution is 5.26. The number of nitrogens with zero attached hydrogens (tertiary/aromatic N) is 3. The van der Waals surface area contributed by atoms with Gasteiger partial charge in [-0.3, -0.25) is 9.58 Å². The molecule has 0 unspecified atom stereocenters. The van der Waals surface area contributed by atoms with E-state index in [1.165, 1.54) is 5.69 Å². The summed E-state index contributed by atoms with van der Waals surface area (Å²) in [5.74, 6) is 0. The number of aliphatic hydroxyl groups excluding tert-OH is 1. The molecule has 1 N–H and O–H groups in total. The molecule has 128 valence electrons. The van der Waals surface area contributed by atoms with E-state index in [2.05, 4.69) is 20.7 Å². The molecule has 0 saturated carbocycles. The molecule has 1 atom stereocenters. The number of hydrogen-bond acceptors (Lipinski definition) is 4. The monoisotopic (exact) mass is 327 g/mol. The summed E-state index contributed by atoms with van der Waals surface area (Å²) in [7, 11) is 0. The number of aromatic nitrogens is 2. The van der Waals surface area contributed by atoms with Crippen molar-refractivity contribution in [3.05, 3.63) is 53.3 Å². The van der Waals surface area contributed by atoms with Gasteiger partial charge < -0.3 is 9.84 Å². The van der Waals surface area contributed by atoms with Gasteiger partial charge in [-0.05, 0) is 30.9 Å². The van der Waals surface area contributed by atoms with Gasteiger partial charge in [0, 0.05) is 38.9 Å². The molecule has 1 saturated heterocycles. The number of aryl methyl sites for hydroxylation is 1. The van der Waals surface area contributed by atoms with Gasteiger partial charge in [0.15, 0.2) is 0 Å². The van der Waals surface area contributed by atoms with Gasteiger partial charge in [-0.15, -0.1) is 0 Å². The van der Waals surface area contributed by atoms with Crippen LogP contribution in [0.4, 0.5) is 0 Å². The van der Waals surface area contributed by atoms with Crippen LogP contribution in [-0.4, -0.2) is 45.6 Å². The van der Waals surface area contributed by atoms with Crippen LogP contribution >= 0.6 is 0 Å². The van der Waals surface area contributed by atoms with Gasteiger partial charge in [-0.1, -0.05) is 30.3 Å². The zero-order valence-corrected chi connectivity index (χ0v) is 14.0. The number of ether oxygens (including phenoxy) is 1. The summed E-state index contributed by atoms with van der Waals surface area (Å²) < 4.78 is 7.58. The largest absolute Gasteiger partial charge is 0.382 e. The Labute approximate surface area is 142 Å². The summed E-state index contributed by atoms with van der Waals surface area (Å²) in [4.78, 5) is 2.57. The molecule has 2 aliphatic rings. The second-order valence-corrected chi connectivity index (χ2v) is 6.76. The van der Waals surface area contributed by atoms with Crippen molar-refractivity contribution < 1.29 is 9.84 Å². The fourth-order valence-corrected chi connectivity index (χ4v) is 3.81. The molecule has 1 aromatic heterocycles. The third kappa shape index (κ3) is 3.24. The van der Waals surface area contributed by atoms with Crippen LogP contribution in [0.15, 0.2) is 36.4 Å². The van der Waals surface area contributed by atoms with Crippen molar-refractivity contribution in [3.8, 4) is 0 Å². The fraction of sp³-hybridized carbons (Fsp3) is 0.526. The molecule has 1 aromatic carbocycles. The van der Waals surface area contributed by atoms with Crippen LogP contribution < -0.4 is 0 Å². The molecular weight excluding hydrogens is 302 g/mol. The van der Waals surface area contributed by atoms with Gasteiger partial charge in [-0.2, -0.15) is 5.10 Å². The van der Waals surface area contributed by atoms with Crippen LogP contribution in [0.5, 0.6) is 0 Å². The fourth-order valence-electron chi connectivity index (χ4n) is 3.81. The third-order valence-corrected chi connectivity index (χ3v) is 5.17. The van der Waals surface area contributed by atoms with Crippen LogP contribution in [0.3, 0.4) is 0 Å². The number of hydrogen-bond donors (Lipinski definition) is 1. The number of aliphatic hydroxyl groups is 1. The van der Waals surface area contributed by atoms with E-state index < -0.39 is 6.10 Å². The average Bonchev–Trinajstić information content (AvgIpc) is 2.94. The minimum Gasteiger partial charge on any atom is -0.382 e. The Hall–Kier alpha value is -1.69. The molecule has 1 fully saturated rings. The van der Waals surface area contributed by atoms with Crippen LogP contribution in [0, 0.1) is 0 Å². The maximum atomic E-state index is 10.6. The molecule has 4 rings (SSSR count). The summed E-state index contributed by atoms with van der Waals surface area (Å²) in [5.41, 5.74) is 2.86. The summed E-state index contributed by atoms with van der Waals surface area (Å²) >= 11 is 0. The quantitative estimate of drug-likeness (QED) is 0.940. The standard InChI is InChI=1S/C19H25N3O2/c23-19(15-5-2-1-3-6-15)18-13-17-14-21(9-4-10-22(17)20-18)16-7-11-24-12-8-16/h1-3,5-6,13,16,19,23H,4,7-12,14H2/t19-/m0/s1. The Balaban J connectivity index is 1.53. The minimum absolute atomic E-state index is 0.614. The highest BCUT2D eigenvalue weighted by atomic mass is 16.5. The summed E-state index contributed by atoms with van der Waals surface area (Å²) in [6.45, 7) is 4.71. The number of benzene rings is 1. The second kappa shape index (κ2) is 7.05. The van der Waals surface area contributed by atoms with Crippen molar-refractivity contribution in [1.29, 1.82) is 0 Å². The van der Waals surface area contributed by atoms with Gasteiger partial charge in [-0.25, -0.2) is 0 Å². The molecule has 0 spiro atoms. The highest BCUT2D eigenvalue weighted by Gasteiger charge is 2.26. The Morgan fingerprint density at radius 1 is 1.12 bits per heavy atom. The first-order chi connectivity index (χ1) is 11.8. The molecule has 0 bridgehead atoms. The van der Waals surface area contributed by atoms with Crippen molar-refractivity contribution in [3.63, 3.8) is 0 Å². The lowest BCUT2D eigenvalue weighted by Crippen LogP contribution is -2.39. The van der Waals surface area contributed by atoms with Crippen molar-refractivity contribution >= 4 is 0 Å². The molecule has 0 amide bonds. The van der Waals surface area contributed by atoms with Crippen molar-refractivity contribution in [2.45, 2.75) is 44.5 Å². The zero-order chi connectivity index (χ0) is 16.4. The summed E-state index contributed by atoms with van der Waals surface area (Å²) in [6, 6.07) is 12.5. The van der Waals surface area contributed by atoms with Gasteiger partial charge in [0.2, 0.25) is 0 Å². The maximum absolute atomic E-state index is 10.6. The summed E-state index contributed by atoms with van der Waals surface area (Å²) in [6.07, 6.45) is 2.69. The van der Waals surface area contributed by atoms with E-state index in [9.17, 15) is 5.11 Å². The molecule has 0 radical (unpaired) electrons. The van der Waals surface area contributed by atoms with Crippen LogP contribution in [0.25, 0.3) is 0 Å². The van der Waals surface area contributed by atoms with Crippen LogP contribution in [0.1, 0.15) is 42.3 Å². The smallest absolute Gasteiger partial charge is 0.123 e. The van der Waals surface area contributed by atoms with E-state index in [-0.39, 0.29) is 0 Å². The number of fused-ring (bicyclic) bond motifs is 1. The van der Waals surface area contributed by atoms with E-state index in [1.807, 2.05) is 30.3 Å². The molecule has 5 heteroatoms. The van der Waals surface area contributed by atoms with Gasteiger partial charge in [0.05, 0.1) is 11.4 Å². The molecule has 24 heavy (non-hydrogen) atoms. The first-order valence-electron chi connectivity index (χ1n) is 8.93. The normalized spacial score (nSPS) is 21.2. The van der Waals surface area contributed by atoms with Crippen LogP contribution in [-0.2, 0) is 17.8 Å². The predicted molar refractivity (Wildman–Crippen MR) is 91.6 cm³/mol. The molecule has 3 heterocycles.